The van der Waals surface area contributed by atoms with E-state index in [1.165, 1.54) is 77.0 Å². The largest absolute Gasteiger partial charge is 0.476 e. The summed E-state index contributed by atoms with van der Waals surface area (Å²) in [5.74, 6) is -3.59. The first kappa shape index (κ1) is 30.1. The molecule has 0 saturated heterocycles. The smallest absolute Gasteiger partial charge is 0.372 e. The minimum Gasteiger partial charge on any atom is -0.476 e. The van der Waals surface area contributed by atoms with Crippen molar-refractivity contribution in [2.24, 2.45) is 0 Å². The third-order valence-corrected chi connectivity index (χ3v) is 5.39. The number of aliphatic carboxylic acids is 1. The molecule has 32 heavy (non-hydrogen) atoms. The van der Waals surface area contributed by atoms with Gasteiger partial charge in [-0.25, -0.2) is 4.79 Å². The van der Waals surface area contributed by atoms with Gasteiger partial charge in [-0.05, 0) is 6.42 Å². The van der Waals surface area contributed by atoms with Crippen molar-refractivity contribution in [1.82, 2.24) is 0 Å². The molecule has 7 nitrogen and oxygen atoms in total. The Morgan fingerprint density at radius 3 is 1.31 bits per heavy atom. The molecule has 186 valence electrons. The summed E-state index contributed by atoms with van der Waals surface area (Å²) in [6, 6.07) is 0. The molecule has 0 saturated carbocycles. The number of esters is 2. The number of Topliss-reactive ketones (excluding diaryl/α,β-unsaturated/α-hetero) is 1. The van der Waals surface area contributed by atoms with E-state index in [4.69, 9.17) is 14.6 Å². The Bertz CT molecular complexity index is 516. The standard InChI is InChI=1S/C25H44O7/c1-2-3-4-5-6-7-8-9-10-11-12-13-14-15-16-17-23(27)31-20-21-32-24(28)19-18-22(26)25(29)30/h2-21H2,1H3,(H,29,30). The quantitative estimate of drug-likeness (QED) is 0.118. The van der Waals surface area contributed by atoms with E-state index >= 15 is 0 Å². The molecule has 0 aliphatic carbocycles. The van der Waals surface area contributed by atoms with Crippen LogP contribution in [0.3, 0.4) is 0 Å². The third-order valence-electron chi connectivity index (χ3n) is 5.39. The summed E-state index contributed by atoms with van der Waals surface area (Å²) in [5.41, 5.74) is 0. The van der Waals surface area contributed by atoms with Gasteiger partial charge in [0.05, 0.1) is 6.42 Å². The number of carboxylic acid groups (broad SMARTS) is 1. The molecule has 0 amide bonds. The van der Waals surface area contributed by atoms with E-state index in [9.17, 15) is 19.2 Å². The zero-order chi connectivity index (χ0) is 23.9. The number of carbonyl (C=O) groups is 4. The number of ketones is 1. The van der Waals surface area contributed by atoms with Gasteiger partial charge in [-0.15, -0.1) is 0 Å². The number of hydrogen-bond acceptors (Lipinski definition) is 6. The van der Waals surface area contributed by atoms with Crippen LogP contribution in [0.25, 0.3) is 0 Å². The molecular formula is C25H44O7. The minimum atomic E-state index is -1.56. The van der Waals surface area contributed by atoms with Crippen molar-refractivity contribution >= 4 is 23.7 Å². The fourth-order valence-corrected chi connectivity index (χ4v) is 3.42. The molecule has 0 radical (unpaired) electrons. The summed E-state index contributed by atoms with van der Waals surface area (Å²) in [7, 11) is 0. The van der Waals surface area contributed by atoms with Gasteiger partial charge in [0.2, 0.25) is 5.78 Å². The van der Waals surface area contributed by atoms with Crippen LogP contribution in [0.4, 0.5) is 0 Å². The van der Waals surface area contributed by atoms with Crippen LogP contribution in [0.15, 0.2) is 0 Å². The Morgan fingerprint density at radius 1 is 0.531 bits per heavy atom. The normalized spacial score (nSPS) is 10.7. The first-order chi connectivity index (χ1) is 15.5. The molecule has 0 spiro atoms. The molecule has 0 aromatic rings. The predicted octanol–water partition coefficient (Wildman–Crippen LogP) is 5.77. The molecule has 1 N–H and O–H groups in total. The highest BCUT2D eigenvalue weighted by Crippen LogP contribution is 2.13. The Morgan fingerprint density at radius 2 is 0.906 bits per heavy atom. The lowest BCUT2D eigenvalue weighted by atomic mass is 10.0. The monoisotopic (exact) mass is 456 g/mol. The second-order valence-electron chi connectivity index (χ2n) is 8.37. The van der Waals surface area contributed by atoms with Crippen molar-refractivity contribution in [2.45, 2.75) is 122 Å². The van der Waals surface area contributed by atoms with Crippen molar-refractivity contribution in [3.8, 4) is 0 Å². The highest BCUT2D eigenvalue weighted by Gasteiger charge is 2.14. The van der Waals surface area contributed by atoms with Crippen LogP contribution in [0, 0.1) is 0 Å². The summed E-state index contributed by atoms with van der Waals surface area (Å²) in [4.78, 5) is 44.2. The second-order valence-corrected chi connectivity index (χ2v) is 8.37. The van der Waals surface area contributed by atoms with Crippen LogP contribution in [0.2, 0.25) is 0 Å². The first-order valence-corrected chi connectivity index (χ1v) is 12.5. The number of rotatable bonds is 23. The lowest BCUT2D eigenvalue weighted by Gasteiger charge is -2.06. The van der Waals surface area contributed by atoms with Gasteiger partial charge in [0, 0.05) is 12.8 Å². The van der Waals surface area contributed by atoms with E-state index in [0.29, 0.717) is 6.42 Å². The van der Waals surface area contributed by atoms with E-state index in [-0.39, 0.29) is 25.6 Å². The molecular weight excluding hydrogens is 412 g/mol. The van der Waals surface area contributed by atoms with E-state index in [2.05, 4.69) is 6.92 Å². The van der Waals surface area contributed by atoms with Crippen molar-refractivity contribution in [3.63, 3.8) is 0 Å². The molecule has 0 atom stereocenters. The SMILES string of the molecule is CCCCCCCCCCCCCCCCCC(=O)OCCOC(=O)CCC(=O)C(=O)O. The Kier molecular flexibility index (Phi) is 20.9. The van der Waals surface area contributed by atoms with Crippen LogP contribution >= 0.6 is 0 Å². The maximum Gasteiger partial charge on any atom is 0.372 e. The van der Waals surface area contributed by atoms with E-state index in [1.807, 2.05) is 0 Å². The average Bonchev–Trinajstić information content (AvgIpc) is 2.77. The summed E-state index contributed by atoms with van der Waals surface area (Å²) >= 11 is 0. The van der Waals surface area contributed by atoms with Gasteiger partial charge in [0.25, 0.3) is 0 Å². The average molecular weight is 457 g/mol. The van der Waals surface area contributed by atoms with E-state index in [0.717, 1.165) is 19.3 Å². The lowest BCUT2D eigenvalue weighted by molar-refractivity contribution is -0.154. The van der Waals surface area contributed by atoms with Crippen molar-refractivity contribution in [3.05, 3.63) is 0 Å². The number of unbranched alkanes of at least 4 members (excludes halogenated alkanes) is 14. The molecule has 0 aliphatic heterocycles. The van der Waals surface area contributed by atoms with Crippen LogP contribution in [0.5, 0.6) is 0 Å². The summed E-state index contributed by atoms with van der Waals surface area (Å²) < 4.78 is 9.79. The van der Waals surface area contributed by atoms with Crippen LogP contribution in [-0.2, 0) is 28.7 Å². The predicted molar refractivity (Wildman–Crippen MR) is 123 cm³/mol. The summed E-state index contributed by atoms with van der Waals surface area (Å²) in [5, 5.41) is 8.42. The molecule has 0 rings (SSSR count). The highest BCUT2D eigenvalue weighted by atomic mass is 16.6. The molecule has 7 heteroatoms. The molecule has 0 heterocycles. The van der Waals surface area contributed by atoms with Gasteiger partial charge in [0.1, 0.15) is 13.2 Å². The number of carboxylic acids is 1. The zero-order valence-corrected chi connectivity index (χ0v) is 20.0. The van der Waals surface area contributed by atoms with E-state index < -0.39 is 24.1 Å². The van der Waals surface area contributed by atoms with Crippen LogP contribution < -0.4 is 0 Å². The maximum atomic E-state index is 11.6. The summed E-state index contributed by atoms with van der Waals surface area (Å²) in [6.07, 6.45) is 18.7. The number of hydrogen-bond donors (Lipinski definition) is 1. The van der Waals surface area contributed by atoms with Crippen molar-refractivity contribution < 1.29 is 33.8 Å². The zero-order valence-electron chi connectivity index (χ0n) is 20.0. The van der Waals surface area contributed by atoms with Crippen molar-refractivity contribution in [2.75, 3.05) is 13.2 Å². The third kappa shape index (κ3) is 21.3. The van der Waals surface area contributed by atoms with Gasteiger partial charge in [0.15, 0.2) is 0 Å². The van der Waals surface area contributed by atoms with Crippen molar-refractivity contribution in [1.29, 1.82) is 0 Å². The molecule has 0 fully saturated rings. The molecule has 0 unspecified atom stereocenters. The molecule has 0 aromatic heterocycles. The maximum absolute atomic E-state index is 11.6. The lowest BCUT2D eigenvalue weighted by Crippen LogP contribution is -2.17. The number of ether oxygens (including phenoxy) is 2. The van der Waals surface area contributed by atoms with Gasteiger partial charge < -0.3 is 14.6 Å². The topological polar surface area (TPSA) is 107 Å². The first-order valence-electron chi connectivity index (χ1n) is 12.5. The van der Waals surface area contributed by atoms with E-state index in [1.54, 1.807) is 0 Å². The van der Waals surface area contributed by atoms with Gasteiger partial charge in [-0.2, -0.15) is 0 Å². The molecule has 0 bridgehead atoms. The van der Waals surface area contributed by atoms with Gasteiger partial charge >= 0.3 is 17.9 Å². The second kappa shape index (κ2) is 22.3. The highest BCUT2D eigenvalue weighted by molar-refractivity contribution is 6.32. The minimum absolute atomic E-state index is 0.0316. The fourth-order valence-electron chi connectivity index (χ4n) is 3.42. The fraction of sp³-hybridized carbons (Fsp3) is 0.840. The van der Waals surface area contributed by atoms with Gasteiger partial charge in [-0.1, -0.05) is 96.8 Å². The van der Waals surface area contributed by atoms with Crippen LogP contribution in [0.1, 0.15) is 122 Å². The van der Waals surface area contributed by atoms with Crippen LogP contribution in [-0.4, -0.2) is 42.0 Å². The Balaban J connectivity index is 3.32. The number of carbonyl (C=O) groups excluding carboxylic acids is 3. The Labute approximate surface area is 193 Å². The molecule has 0 aromatic carbocycles. The Hall–Kier alpha value is -1.92. The molecule has 0 aliphatic rings. The summed E-state index contributed by atoms with van der Waals surface area (Å²) in [6.45, 7) is 2.13. The van der Waals surface area contributed by atoms with Gasteiger partial charge in [-0.3, -0.25) is 14.4 Å².